The van der Waals surface area contributed by atoms with Crippen LogP contribution in [0.1, 0.15) is 54.4 Å². The molecule has 0 saturated carbocycles. The highest BCUT2D eigenvalue weighted by atomic mass is 16.5. The van der Waals surface area contributed by atoms with Crippen LogP contribution < -0.4 is 5.73 Å². The third-order valence-corrected chi connectivity index (χ3v) is 2.40. The van der Waals surface area contributed by atoms with Crippen molar-refractivity contribution >= 4 is 5.71 Å². The van der Waals surface area contributed by atoms with Gasteiger partial charge in [-0.3, -0.25) is 4.99 Å². The molecule has 0 aliphatic heterocycles. The molecular formula is C14H30N2O. The zero-order valence-electron chi connectivity index (χ0n) is 12.6. The van der Waals surface area contributed by atoms with Crippen molar-refractivity contribution in [3.8, 4) is 0 Å². The minimum Gasteiger partial charge on any atom is -0.404 e. The van der Waals surface area contributed by atoms with Gasteiger partial charge in [0.05, 0.1) is 12.1 Å². The van der Waals surface area contributed by atoms with Crippen molar-refractivity contribution in [2.24, 2.45) is 10.7 Å². The van der Waals surface area contributed by atoms with E-state index < -0.39 is 0 Å². The molecule has 0 amide bonds. The fourth-order valence-electron chi connectivity index (χ4n) is 1.08. The summed E-state index contributed by atoms with van der Waals surface area (Å²) < 4.78 is 5.32. The Morgan fingerprint density at radius 1 is 1.35 bits per heavy atom. The summed E-state index contributed by atoms with van der Waals surface area (Å²) >= 11 is 0. The van der Waals surface area contributed by atoms with Crippen molar-refractivity contribution in [3.63, 3.8) is 0 Å². The molecular weight excluding hydrogens is 212 g/mol. The summed E-state index contributed by atoms with van der Waals surface area (Å²) in [6.07, 6.45) is 3.67. The molecule has 0 atom stereocenters. The van der Waals surface area contributed by atoms with E-state index in [2.05, 4.69) is 11.9 Å². The lowest BCUT2D eigenvalue weighted by atomic mass is 10.1. The molecule has 0 spiro atoms. The van der Waals surface area contributed by atoms with Crippen molar-refractivity contribution in [2.45, 2.75) is 60.0 Å². The van der Waals surface area contributed by atoms with Crippen LogP contribution in [0.3, 0.4) is 0 Å². The first-order valence-electron chi connectivity index (χ1n) is 6.44. The van der Waals surface area contributed by atoms with Gasteiger partial charge in [-0.05, 0) is 39.0 Å². The molecule has 0 aliphatic rings. The smallest absolute Gasteiger partial charge is 0.0817 e. The lowest BCUT2D eigenvalue weighted by Crippen LogP contribution is -2.27. The number of rotatable bonds is 6. The quantitative estimate of drug-likeness (QED) is 0.724. The molecule has 0 unspecified atom stereocenters. The van der Waals surface area contributed by atoms with Gasteiger partial charge in [-0.25, -0.2) is 0 Å². The highest BCUT2D eigenvalue weighted by Gasteiger charge is 2.15. The van der Waals surface area contributed by atoms with E-state index >= 15 is 0 Å². The molecule has 0 aromatic heterocycles. The van der Waals surface area contributed by atoms with E-state index in [1.807, 2.05) is 34.6 Å². The van der Waals surface area contributed by atoms with Crippen molar-refractivity contribution in [1.29, 1.82) is 0 Å². The van der Waals surface area contributed by atoms with Gasteiger partial charge in [-0.2, -0.15) is 0 Å². The van der Waals surface area contributed by atoms with Gasteiger partial charge in [0.15, 0.2) is 0 Å². The van der Waals surface area contributed by atoms with Crippen LogP contribution in [0, 0.1) is 0 Å². The van der Waals surface area contributed by atoms with E-state index in [0.29, 0.717) is 6.54 Å². The van der Waals surface area contributed by atoms with Gasteiger partial charge in [-0.1, -0.05) is 27.2 Å². The van der Waals surface area contributed by atoms with Crippen molar-refractivity contribution in [2.75, 3.05) is 13.7 Å². The maximum atomic E-state index is 5.50. The van der Waals surface area contributed by atoms with Crippen molar-refractivity contribution in [1.82, 2.24) is 0 Å². The van der Waals surface area contributed by atoms with Crippen LogP contribution >= 0.6 is 0 Å². The second-order valence-electron chi connectivity index (χ2n) is 4.33. The number of nitrogens with zero attached hydrogens (tertiary/aromatic N) is 1. The molecule has 0 radical (unpaired) electrons. The van der Waals surface area contributed by atoms with Gasteiger partial charge in [0.2, 0.25) is 0 Å². The molecule has 0 heterocycles. The topological polar surface area (TPSA) is 47.6 Å². The van der Waals surface area contributed by atoms with E-state index in [-0.39, 0.29) is 5.60 Å². The Morgan fingerprint density at radius 3 is 2.24 bits per heavy atom. The minimum atomic E-state index is -0.201. The first kappa shape index (κ1) is 18.5. The standard InChI is InChI=1S/C12H24N2O.C2H6/c1-6-7-11(10(2)8-13)14-9-12(3,4)15-5;1-2/h8H,6-7,9,13H2,1-5H3;1-2H3/b10-8-,14-11?;. The Kier molecular flexibility index (Phi) is 11.3. The van der Waals surface area contributed by atoms with Crippen LogP contribution in [-0.2, 0) is 4.74 Å². The lowest BCUT2D eigenvalue weighted by molar-refractivity contribution is 0.0312. The van der Waals surface area contributed by atoms with Crippen LogP contribution in [0.2, 0.25) is 0 Å². The van der Waals surface area contributed by atoms with Crippen LogP contribution in [-0.4, -0.2) is 25.0 Å². The Hall–Kier alpha value is -0.830. The molecule has 0 saturated heterocycles. The van der Waals surface area contributed by atoms with Gasteiger partial charge < -0.3 is 10.5 Å². The second-order valence-corrected chi connectivity index (χ2v) is 4.33. The Morgan fingerprint density at radius 2 is 1.88 bits per heavy atom. The predicted octanol–water partition coefficient (Wildman–Crippen LogP) is 3.54. The van der Waals surface area contributed by atoms with E-state index in [1.165, 1.54) is 0 Å². The number of hydrogen-bond acceptors (Lipinski definition) is 3. The first-order chi connectivity index (χ1) is 7.96. The monoisotopic (exact) mass is 242 g/mol. The molecule has 0 aromatic rings. The molecule has 0 fully saturated rings. The molecule has 0 aliphatic carbocycles. The number of nitrogens with two attached hydrogens (primary N) is 1. The average molecular weight is 242 g/mol. The molecule has 102 valence electrons. The summed E-state index contributed by atoms with van der Waals surface area (Å²) in [5.74, 6) is 0. The average Bonchev–Trinajstić information content (AvgIpc) is 2.36. The minimum absolute atomic E-state index is 0.201. The number of allylic oxidation sites excluding steroid dienone is 1. The highest BCUT2D eigenvalue weighted by Crippen LogP contribution is 2.10. The maximum absolute atomic E-state index is 5.50. The normalized spacial score (nSPS) is 13.1. The van der Waals surface area contributed by atoms with Gasteiger partial charge in [0.1, 0.15) is 0 Å². The Labute approximate surface area is 107 Å². The molecule has 0 aromatic carbocycles. The van der Waals surface area contributed by atoms with Crippen LogP contribution in [0.25, 0.3) is 0 Å². The zero-order valence-corrected chi connectivity index (χ0v) is 12.6. The third-order valence-electron chi connectivity index (χ3n) is 2.40. The number of hydrogen-bond donors (Lipinski definition) is 1. The summed E-state index contributed by atoms with van der Waals surface area (Å²) in [7, 11) is 1.71. The third kappa shape index (κ3) is 8.93. The number of aliphatic imine (C=N–C) groups is 1. The SMILES string of the molecule is CC.CCCC(=NCC(C)(C)OC)/C(C)=C\N. The Balaban J connectivity index is 0. The number of ether oxygens (including phenoxy) is 1. The van der Waals surface area contributed by atoms with Gasteiger partial charge in [-0.15, -0.1) is 0 Å². The molecule has 3 heteroatoms. The summed E-state index contributed by atoms with van der Waals surface area (Å²) in [6, 6.07) is 0. The summed E-state index contributed by atoms with van der Waals surface area (Å²) in [5.41, 5.74) is 7.45. The first-order valence-corrected chi connectivity index (χ1v) is 6.44. The Bertz CT molecular complexity index is 243. The summed E-state index contributed by atoms with van der Waals surface area (Å²) in [4.78, 5) is 4.57. The second kappa shape index (κ2) is 10.3. The predicted molar refractivity (Wildman–Crippen MR) is 77.6 cm³/mol. The number of methoxy groups -OCH3 is 1. The van der Waals surface area contributed by atoms with E-state index in [1.54, 1.807) is 13.3 Å². The van der Waals surface area contributed by atoms with Crippen LogP contribution in [0.15, 0.2) is 16.8 Å². The summed E-state index contributed by atoms with van der Waals surface area (Å²) in [5, 5.41) is 0. The molecule has 2 N–H and O–H groups in total. The lowest BCUT2D eigenvalue weighted by Gasteiger charge is -2.21. The van der Waals surface area contributed by atoms with Gasteiger partial charge >= 0.3 is 0 Å². The molecule has 0 bridgehead atoms. The largest absolute Gasteiger partial charge is 0.404 e. The molecule has 17 heavy (non-hydrogen) atoms. The highest BCUT2D eigenvalue weighted by molar-refractivity contribution is 5.99. The van der Waals surface area contributed by atoms with Gasteiger partial charge in [0.25, 0.3) is 0 Å². The van der Waals surface area contributed by atoms with Crippen LogP contribution in [0.4, 0.5) is 0 Å². The van der Waals surface area contributed by atoms with E-state index in [4.69, 9.17) is 10.5 Å². The van der Waals surface area contributed by atoms with E-state index in [0.717, 1.165) is 24.1 Å². The molecule has 3 nitrogen and oxygen atoms in total. The van der Waals surface area contributed by atoms with Crippen molar-refractivity contribution < 1.29 is 4.74 Å². The molecule has 0 rings (SSSR count). The van der Waals surface area contributed by atoms with Gasteiger partial charge in [0, 0.05) is 12.8 Å². The van der Waals surface area contributed by atoms with Crippen LogP contribution in [0.5, 0.6) is 0 Å². The fourth-order valence-corrected chi connectivity index (χ4v) is 1.08. The zero-order chi connectivity index (χ0) is 13.9. The summed E-state index contributed by atoms with van der Waals surface area (Å²) in [6.45, 7) is 12.9. The van der Waals surface area contributed by atoms with E-state index in [9.17, 15) is 0 Å². The maximum Gasteiger partial charge on any atom is 0.0817 e. The fraction of sp³-hybridized carbons (Fsp3) is 0.786. The van der Waals surface area contributed by atoms with Crippen molar-refractivity contribution in [3.05, 3.63) is 11.8 Å².